The predicted molar refractivity (Wildman–Crippen MR) is 145 cm³/mol. The normalized spacial score (nSPS) is 12.0. The minimum absolute atomic E-state index is 0.123. The zero-order valence-corrected chi connectivity index (χ0v) is 21.4. The summed E-state index contributed by atoms with van der Waals surface area (Å²) in [6, 6.07) is 26.0. The van der Waals surface area contributed by atoms with Gasteiger partial charge in [0.2, 0.25) is 0 Å². The highest BCUT2D eigenvalue weighted by Crippen LogP contribution is 2.33. The number of rotatable bonds is 15. The van der Waals surface area contributed by atoms with Crippen molar-refractivity contribution in [1.29, 1.82) is 0 Å². The van der Waals surface area contributed by atoms with E-state index in [1.165, 1.54) is 66.3 Å². The fraction of sp³-hybridized carbons (Fsp3) is 0.438. The first-order valence-corrected chi connectivity index (χ1v) is 13.3. The second-order valence-electron chi connectivity index (χ2n) is 9.17. The number of benzene rings is 3. The van der Waals surface area contributed by atoms with Gasteiger partial charge in [-0.2, -0.15) is 0 Å². The van der Waals surface area contributed by atoms with Crippen LogP contribution in [0.2, 0.25) is 0 Å². The third-order valence-electron chi connectivity index (χ3n) is 6.37. The highest BCUT2D eigenvalue weighted by Gasteiger charge is 2.10. The molecule has 0 radical (unpaired) electrons. The van der Waals surface area contributed by atoms with Crippen molar-refractivity contribution in [2.45, 2.75) is 78.2 Å². The van der Waals surface area contributed by atoms with Crippen LogP contribution in [0.1, 0.15) is 83.8 Å². The van der Waals surface area contributed by atoms with Crippen molar-refractivity contribution in [3.05, 3.63) is 78.4 Å². The quantitative estimate of drug-likeness (QED) is 0.211. The molecule has 0 amide bonds. The molecule has 0 saturated heterocycles. The maximum Gasteiger partial charge on any atom is 0.119 e. The van der Waals surface area contributed by atoms with Gasteiger partial charge in [-0.05, 0) is 59.7 Å². The van der Waals surface area contributed by atoms with Crippen molar-refractivity contribution in [1.82, 2.24) is 0 Å². The lowest BCUT2D eigenvalue weighted by Gasteiger charge is -2.15. The standard InChI is InChI=1S/C32H42O2/c1-4-6-7-8-9-10-13-25-34-30-22-20-29(21-23-30)32-15-12-11-14-31(32)28-18-16-27(17-19-28)26(3)33-24-5-2/h11-12,14-23,26H,4-10,13,24-25H2,1-3H3. The van der Waals surface area contributed by atoms with E-state index in [0.717, 1.165) is 31.8 Å². The highest BCUT2D eigenvalue weighted by molar-refractivity contribution is 5.83. The Hall–Kier alpha value is -2.58. The van der Waals surface area contributed by atoms with E-state index in [1.54, 1.807) is 0 Å². The summed E-state index contributed by atoms with van der Waals surface area (Å²) in [7, 11) is 0. The van der Waals surface area contributed by atoms with Crippen molar-refractivity contribution in [3.63, 3.8) is 0 Å². The van der Waals surface area contributed by atoms with E-state index in [1.807, 2.05) is 0 Å². The Balaban J connectivity index is 1.59. The van der Waals surface area contributed by atoms with Gasteiger partial charge in [0.05, 0.1) is 12.7 Å². The SMILES string of the molecule is CCCCCCCCCOc1ccc(-c2ccccc2-c2ccc(C(C)OCCC)cc2)cc1. The van der Waals surface area contributed by atoms with E-state index >= 15 is 0 Å². The molecule has 3 aromatic rings. The van der Waals surface area contributed by atoms with Crippen LogP contribution in [-0.4, -0.2) is 13.2 Å². The van der Waals surface area contributed by atoms with Crippen LogP contribution in [0.4, 0.5) is 0 Å². The molecule has 0 aromatic heterocycles. The van der Waals surface area contributed by atoms with E-state index in [2.05, 4.69) is 93.6 Å². The molecule has 1 unspecified atom stereocenters. The van der Waals surface area contributed by atoms with Gasteiger partial charge < -0.3 is 9.47 Å². The first kappa shape index (κ1) is 26.0. The molecule has 34 heavy (non-hydrogen) atoms. The van der Waals surface area contributed by atoms with Crippen LogP contribution in [-0.2, 0) is 4.74 Å². The Bertz CT molecular complexity index is 944. The molecule has 0 aliphatic rings. The molecule has 0 heterocycles. The Labute approximate surface area is 207 Å². The van der Waals surface area contributed by atoms with Gasteiger partial charge in [-0.1, -0.05) is 113 Å². The van der Waals surface area contributed by atoms with E-state index < -0.39 is 0 Å². The second kappa shape index (κ2) is 14.6. The van der Waals surface area contributed by atoms with Gasteiger partial charge >= 0.3 is 0 Å². The molecule has 1 atom stereocenters. The van der Waals surface area contributed by atoms with E-state index in [0.29, 0.717) is 0 Å². The summed E-state index contributed by atoms with van der Waals surface area (Å²) in [5.74, 6) is 0.956. The fourth-order valence-electron chi connectivity index (χ4n) is 4.29. The number of hydrogen-bond donors (Lipinski definition) is 0. The van der Waals surface area contributed by atoms with Crippen molar-refractivity contribution < 1.29 is 9.47 Å². The molecule has 0 fully saturated rings. The monoisotopic (exact) mass is 458 g/mol. The molecular formula is C32H42O2. The molecule has 2 nitrogen and oxygen atoms in total. The molecule has 0 aliphatic carbocycles. The van der Waals surface area contributed by atoms with Crippen LogP contribution >= 0.6 is 0 Å². The molecule has 0 N–H and O–H groups in total. The lowest BCUT2D eigenvalue weighted by molar-refractivity contribution is 0.0663. The average molecular weight is 459 g/mol. The zero-order valence-electron chi connectivity index (χ0n) is 21.4. The van der Waals surface area contributed by atoms with Crippen LogP contribution < -0.4 is 4.74 Å². The van der Waals surface area contributed by atoms with Gasteiger partial charge in [-0.25, -0.2) is 0 Å². The summed E-state index contributed by atoms with van der Waals surface area (Å²) in [6.07, 6.45) is 10.3. The number of hydrogen-bond acceptors (Lipinski definition) is 2. The summed E-state index contributed by atoms with van der Waals surface area (Å²) in [6.45, 7) is 8.12. The third-order valence-corrected chi connectivity index (χ3v) is 6.37. The van der Waals surface area contributed by atoms with Crippen LogP contribution in [0.3, 0.4) is 0 Å². The van der Waals surface area contributed by atoms with Gasteiger partial charge in [0.15, 0.2) is 0 Å². The maximum absolute atomic E-state index is 5.99. The molecule has 0 saturated carbocycles. The molecule has 0 bridgehead atoms. The van der Waals surface area contributed by atoms with Crippen molar-refractivity contribution >= 4 is 0 Å². The first-order valence-electron chi connectivity index (χ1n) is 13.3. The summed E-state index contributed by atoms with van der Waals surface area (Å²) in [4.78, 5) is 0. The maximum atomic E-state index is 5.99. The predicted octanol–water partition coefficient (Wildman–Crippen LogP) is 9.64. The second-order valence-corrected chi connectivity index (χ2v) is 9.17. The summed E-state index contributed by atoms with van der Waals surface area (Å²) in [5, 5.41) is 0. The lowest BCUT2D eigenvalue weighted by atomic mass is 9.94. The van der Waals surface area contributed by atoms with Gasteiger partial charge in [0.25, 0.3) is 0 Å². The molecule has 0 spiro atoms. The van der Waals surface area contributed by atoms with Gasteiger partial charge in [-0.3, -0.25) is 0 Å². The van der Waals surface area contributed by atoms with Gasteiger partial charge in [0, 0.05) is 6.61 Å². The first-order chi connectivity index (χ1) is 16.7. The van der Waals surface area contributed by atoms with Crippen molar-refractivity contribution in [2.75, 3.05) is 13.2 Å². The lowest BCUT2D eigenvalue weighted by Crippen LogP contribution is -2.00. The molecule has 0 aliphatic heterocycles. The topological polar surface area (TPSA) is 18.5 Å². The summed E-state index contributed by atoms with van der Waals surface area (Å²) < 4.78 is 11.9. The Morgan fingerprint density at radius 1 is 0.588 bits per heavy atom. The molecule has 2 heteroatoms. The smallest absolute Gasteiger partial charge is 0.119 e. The van der Waals surface area contributed by atoms with Gasteiger partial charge in [0.1, 0.15) is 5.75 Å². The minimum atomic E-state index is 0.123. The third kappa shape index (κ3) is 8.02. The zero-order chi connectivity index (χ0) is 24.0. The molecule has 3 rings (SSSR count). The summed E-state index contributed by atoms with van der Waals surface area (Å²) >= 11 is 0. The molecule has 182 valence electrons. The number of ether oxygens (including phenoxy) is 2. The Morgan fingerprint density at radius 3 is 1.74 bits per heavy atom. The van der Waals surface area contributed by atoms with Crippen molar-refractivity contribution in [3.8, 4) is 28.0 Å². The van der Waals surface area contributed by atoms with Crippen LogP contribution in [0.5, 0.6) is 5.75 Å². The van der Waals surface area contributed by atoms with E-state index in [-0.39, 0.29) is 6.10 Å². The average Bonchev–Trinajstić information content (AvgIpc) is 2.89. The van der Waals surface area contributed by atoms with Crippen LogP contribution in [0.25, 0.3) is 22.3 Å². The Morgan fingerprint density at radius 2 is 1.15 bits per heavy atom. The largest absolute Gasteiger partial charge is 0.494 e. The van der Waals surface area contributed by atoms with Crippen molar-refractivity contribution in [2.24, 2.45) is 0 Å². The number of unbranched alkanes of at least 4 members (excludes halogenated alkanes) is 6. The van der Waals surface area contributed by atoms with Crippen LogP contribution in [0.15, 0.2) is 72.8 Å². The Kier molecular flexibility index (Phi) is 11.2. The minimum Gasteiger partial charge on any atom is -0.494 e. The summed E-state index contributed by atoms with van der Waals surface area (Å²) in [5.41, 5.74) is 6.14. The molecular weight excluding hydrogens is 416 g/mol. The highest BCUT2D eigenvalue weighted by atomic mass is 16.5. The van der Waals surface area contributed by atoms with E-state index in [4.69, 9.17) is 9.47 Å². The fourth-order valence-corrected chi connectivity index (χ4v) is 4.29. The van der Waals surface area contributed by atoms with Crippen LogP contribution in [0, 0.1) is 0 Å². The molecule has 3 aromatic carbocycles. The van der Waals surface area contributed by atoms with E-state index in [9.17, 15) is 0 Å². The van der Waals surface area contributed by atoms with Gasteiger partial charge in [-0.15, -0.1) is 0 Å².